The molecule has 0 amide bonds. The number of nitrogens with one attached hydrogen (secondary N) is 2. The van der Waals surface area contributed by atoms with Gasteiger partial charge < -0.3 is 24.8 Å². The third-order valence-electron chi connectivity index (χ3n) is 3.99. The largest absolute Gasteiger partial charge is 0.494 e. The molecule has 1 atom stereocenters. The van der Waals surface area contributed by atoms with Crippen LogP contribution in [0.5, 0.6) is 5.75 Å². The van der Waals surface area contributed by atoms with Gasteiger partial charge in [-0.15, -0.1) is 0 Å². The molecule has 0 saturated carbocycles. The lowest BCUT2D eigenvalue weighted by molar-refractivity contribution is -0.140. The van der Waals surface area contributed by atoms with Gasteiger partial charge in [-0.2, -0.15) is 0 Å². The summed E-state index contributed by atoms with van der Waals surface area (Å²) in [6, 6.07) is 7.30. The van der Waals surface area contributed by atoms with Crippen molar-refractivity contribution >= 4 is 23.3 Å². The molecule has 0 aliphatic carbocycles. The number of carbonyl (C=O) groups is 1. The highest BCUT2D eigenvalue weighted by molar-refractivity contribution is 7.80. The normalized spacial score (nSPS) is 16.7. The van der Waals surface area contributed by atoms with Crippen LogP contribution in [-0.2, 0) is 14.3 Å². The number of allylic oxidation sites excluding steroid dienone is 1. The molecule has 1 aromatic rings. The van der Waals surface area contributed by atoms with E-state index in [0.717, 1.165) is 24.2 Å². The van der Waals surface area contributed by atoms with Gasteiger partial charge in [0.25, 0.3) is 0 Å². The van der Waals surface area contributed by atoms with Crippen molar-refractivity contribution in [2.45, 2.75) is 32.7 Å². The van der Waals surface area contributed by atoms with Gasteiger partial charge >= 0.3 is 5.97 Å². The van der Waals surface area contributed by atoms with Gasteiger partial charge in [-0.25, -0.2) is 4.79 Å². The third kappa shape index (κ3) is 5.44. The monoisotopic (exact) mass is 378 g/mol. The molecule has 0 bridgehead atoms. The standard InChI is InChI=1S/C19H26N2O4S/c1-4-5-10-24-15-8-6-14(7-9-15)17-16(13(2)20-19(26)21-17)18(22)25-12-11-23-3/h6-9,17H,4-5,10-12H2,1-3H3,(H2,20,21,26)/t17-/m1/s1. The molecule has 1 aromatic carbocycles. The summed E-state index contributed by atoms with van der Waals surface area (Å²) >= 11 is 5.25. The lowest BCUT2D eigenvalue weighted by atomic mass is 9.95. The lowest BCUT2D eigenvalue weighted by Crippen LogP contribution is -2.45. The smallest absolute Gasteiger partial charge is 0.338 e. The van der Waals surface area contributed by atoms with Crippen LogP contribution < -0.4 is 15.4 Å². The van der Waals surface area contributed by atoms with E-state index in [9.17, 15) is 4.79 Å². The molecule has 0 saturated heterocycles. The Morgan fingerprint density at radius 1 is 1.19 bits per heavy atom. The molecule has 0 fully saturated rings. The molecule has 7 heteroatoms. The molecule has 1 aliphatic rings. The van der Waals surface area contributed by atoms with Crippen LogP contribution in [0, 0.1) is 0 Å². The van der Waals surface area contributed by atoms with Crippen LogP contribution in [-0.4, -0.2) is 38.0 Å². The average Bonchev–Trinajstić information content (AvgIpc) is 2.62. The van der Waals surface area contributed by atoms with Crippen molar-refractivity contribution in [3.63, 3.8) is 0 Å². The van der Waals surface area contributed by atoms with Crippen molar-refractivity contribution in [2.24, 2.45) is 0 Å². The Hall–Kier alpha value is -2.12. The van der Waals surface area contributed by atoms with Crippen molar-refractivity contribution in [2.75, 3.05) is 26.9 Å². The van der Waals surface area contributed by atoms with Crippen molar-refractivity contribution in [1.29, 1.82) is 0 Å². The number of methoxy groups -OCH3 is 1. The van der Waals surface area contributed by atoms with E-state index in [-0.39, 0.29) is 12.6 Å². The summed E-state index contributed by atoms with van der Waals surface area (Å²) < 4.78 is 15.9. The number of carbonyl (C=O) groups excluding carboxylic acids is 1. The maximum Gasteiger partial charge on any atom is 0.338 e. The zero-order chi connectivity index (χ0) is 18.9. The summed E-state index contributed by atoms with van der Waals surface area (Å²) in [6.07, 6.45) is 2.11. The summed E-state index contributed by atoms with van der Waals surface area (Å²) in [7, 11) is 1.56. The topological polar surface area (TPSA) is 68.8 Å². The highest BCUT2D eigenvalue weighted by atomic mass is 32.1. The molecular formula is C19H26N2O4S. The zero-order valence-electron chi connectivity index (χ0n) is 15.5. The fourth-order valence-electron chi connectivity index (χ4n) is 2.60. The van der Waals surface area contributed by atoms with E-state index >= 15 is 0 Å². The summed E-state index contributed by atoms with van der Waals surface area (Å²) in [5.41, 5.74) is 2.11. The predicted molar refractivity (Wildman–Crippen MR) is 104 cm³/mol. The Labute approximate surface area is 159 Å². The van der Waals surface area contributed by atoms with Crippen LogP contribution in [0.25, 0.3) is 0 Å². The predicted octanol–water partition coefficient (Wildman–Crippen LogP) is 2.85. The molecule has 2 N–H and O–H groups in total. The van der Waals surface area contributed by atoms with Gasteiger partial charge in [-0.05, 0) is 43.3 Å². The van der Waals surface area contributed by atoms with E-state index in [2.05, 4.69) is 17.6 Å². The molecule has 142 valence electrons. The summed E-state index contributed by atoms with van der Waals surface area (Å²) in [5.74, 6) is 0.416. The maximum absolute atomic E-state index is 12.5. The number of unbranched alkanes of at least 4 members (excludes halogenated alkanes) is 1. The van der Waals surface area contributed by atoms with E-state index in [1.807, 2.05) is 31.2 Å². The summed E-state index contributed by atoms with van der Waals surface area (Å²) in [6.45, 7) is 5.19. The first-order valence-electron chi connectivity index (χ1n) is 8.74. The highest BCUT2D eigenvalue weighted by Gasteiger charge is 2.30. The van der Waals surface area contributed by atoms with Crippen LogP contribution in [0.15, 0.2) is 35.5 Å². The number of rotatable bonds is 9. The number of hydrogen-bond acceptors (Lipinski definition) is 5. The SMILES string of the molecule is CCCCOc1ccc([C@H]2NC(=S)NC(C)=C2C(=O)OCCOC)cc1. The second-order valence-electron chi connectivity index (χ2n) is 5.97. The van der Waals surface area contributed by atoms with E-state index in [1.54, 1.807) is 7.11 Å². The van der Waals surface area contributed by atoms with Crippen molar-refractivity contribution < 1.29 is 19.0 Å². The highest BCUT2D eigenvalue weighted by Crippen LogP contribution is 2.29. The molecule has 2 rings (SSSR count). The van der Waals surface area contributed by atoms with Crippen LogP contribution in [0.1, 0.15) is 38.3 Å². The van der Waals surface area contributed by atoms with Crippen LogP contribution in [0.4, 0.5) is 0 Å². The van der Waals surface area contributed by atoms with Gasteiger partial charge in [0.1, 0.15) is 12.4 Å². The Kier molecular flexibility index (Phi) is 7.87. The molecule has 6 nitrogen and oxygen atoms in total. The van der Waals surface area contributed by atoms with Gasteiger partial charge in [-0.1, -0.05) is 25.5 Å². The number of esters is 1. The number of benzene rings is 1. The van der Waals surface area contributed by atoms with Gasteiger partial charge in [-0.3, -0.25) is 0 Å². The zero-order valence-corrected chi connectivity index (χ0v) is 16.3. The number of hydrogen-bond donors (Lipinski definition) is 2. The molecular weight excluding hydrogens is 352 g/mol. The molecule has 0 aromatic heterocycles. The van der Waals surface area contributed by atoms with E-state index in [4.69, 9.17) is 26.4 Å². The van der Waals surface area contributed by atoms with Crippen molar-refractivity contribution in [3.05, 3.63) is 41.1 Å². The fourth-order valence-corrected chi connectivity index (χ4v) is 2.87. The fraction of sp³-hybridized carbons (Fsp3) is 0.474. The van der Waals surface area contributed by atoms with Crippen molar-refractivity contribution in [1.82, 2.24) is 10.6 Å². The second kappa shape index (κ2) is 10.1. The Morgan fingerprint density at radius 3 is 2.58 bits per heavy atom. The molecule has 0 radical (unpaired) electrons. The molecule has 1 heterocycles. The summed E-state index contributed by atoms with van der Waals surface area (Å²) in [4.78, 5) is 12.5. The van der Waals surface area contributed by atoms with Gasteiger partial charge in [0.15, 0.2) is 5.11 Å². The van der Waals surface area contributed by atoms with Gasteiger partial charge in [0.05, 0.1) is 24.8 Å². The lowest BCUT2D eigenvalue weighted by Gasteiger charge is -2.30. The maximum atomic E-state index is 12.5. The molecule has 0 unspecified atom stereocenters. The second-order valence-corrected chi connectivity index (χ2v) is 6.38. The van der Waals surface area contributed by atoms with Crippen LogP contribution in [0.3, 0.4) is 0 Å². The van der Waals surface area contributed by atoms with Crippen LogP contribution >= 0.6 is 12.2 Å². The summed E-state index contributed by atoms with van der Waals surface area (Å²) in [5, 5.41) is 6.61. The first kappa shape index (κ1) is 20.2. The first-order valence-corrected chi connectivity index (χ1v) is 9.14. The quantitative estimate of drug-likeness (QED) is 0.389. The minimum Gasteiger partial charge on any atom is -0.494 e. The number of thiocarbonyl (C=S) groups is 1. The Bertz CT molecular complexity index is 658. The van der Waals surface area contributed by atoms with Crippen molar-refractivity contribution in [3.8, 4) is 5.75 Å². The van der Waals surface area contributed by atoms with Gasteiger partial charge in [0, 0.05) is 12.8 Å². The first-order chi connectivity index (χ1) is 12.6. The minimum atomic E-state index is -0.393. The van der Waals surface area contributed by atoms with E-state index in [1.165, 1.54) is 0 Å². The third-order valence-corrected chi connectivity index (χ3v) is 4.21. The van der Waals surface area contributed by atoms with E-state index in [0.29, 0.717) is 29.6 Å². The minimum absolute atomic E-state index is 0.202. The van der Waals surface area contributed by atoms with Gasteiger partial charge in [0.2, 0.25) is 0 Å². The Balaban J connectivity index is 2.17. The molecule has 26 heavy (non-hydrogen) atoms. The molecule has 0 spiro atoms. The number of ether oxygens (including phenoxy) is 3. The average molecular weight is 378 g/mol. The van der Waals surface area contributed by atoms with Crippen LogP contribution in [0.2, 0.25) is 0 Å². The molecule has 1 aliphatic heterocycles. The Morgan fingerprint density at radius 2 is 1.92 bits per heavy atom. The van der Waals surface area contributed by atoms with E-state index < -0.39 is 5.97 Å².